The Bertz CT molecular complexity index is 497. The van der Waals surface area contributed by atoms with Crippen LogP contribution in [0.1, 0.15) is 54.6 Å². The summed E-state index contributed by atoms with van der Waals surface area (Å²) in [5, 5.41) is 3.20. The topological polar surface area (TPSA) is 38.9 Å². The lowest BCUT2D eigenvalue weighted by atomic mass is 10.0. The molecule has 1 aromatic heterocycles. The lowest BCUT2D eigenvalue weighted by Gasteiger charge is -2.06. The molecule has 18 heavy (non-hydrogen) atoms. The maximum Gasteiger partial charge on any atom is 0.0972 e. The van der Waals surface area contributed by atoms with Gasteiger partial charge in [-0.05, 0) is 24.0 Å². The van der Waals surface area contributed by atoms with Gasteiger partial charge in [-0.25, -0.2) is 4.98 Å². The first-order chi connectivity index (χ1) is 8.56. The van der Waals surface area contributed by atoms with E-state index in [2.05, 4.69) is 48.5 Å². The highest BCUT2D eigenvalue weighted by Crippen LogP contribution is 2.20. The second-order valence-corrected chi connectivity index (χ2v) is 5.97. The van der Waals surface area contributed by atoms with Crippen LogP contribution in [0.25, 0.3) is 0 Å². The Morgan fingerprint density at radius 3 is 2.33 bits per heavy atom. The van der Waals surface area contributed by atoms with E-state index in [4.69, 9.17) is 5.73 Å². The first-order valence-electron chi connectivity index (χ1n) is 6.35. The Hall–Kier alpha value is -1.19. The summed E-state index contributed by atoms with van der Waals surface area (Å²) >= 11 is 1.69. The Labute approximate surface area is 113 Å². The third-order valence-corrected chi connectivity index (χ3v) is 3.90. The number of nitrogens with two attached hydrogens (primary N) is 1. The number of hydrogen-bond donors (Lipinski definition) is 1. The molecule has 0 saturated carbocycles. The summed E-state index contributed by atoms with van der Waals surface area (Å²) in [7, 11) is 0. The molecule has 3 heteroatoms. The van der Waals surface area contributed by atoms with Gasteiger partial charge in [-0.2, -0.15) is 0 Å². The van der Waals surface area contributed by atoms with Crippen LogP contribution < -0.4 is 5.73 Å². The summed E-state index contributed by atoms with van der Waals surface area (Å²) in [4.78, 5) is 4.56. The van der Waals surface area contributed by atoms with Gasteiger partial charge in [0.05, 0.1) is 10.7 Å². The summed E-state index contributed by atoms with van der Waals surface area (Å²) in [5.41, 5.74) is 9.51. The summed E-state index contributed by atoms with van der Waals surface area (Å²) in [6, 6.07) is 8.84. The second-order valence-electron chi connectivity index (χ2n) is 5.03. The van der Waals surface area contributed by atoms with Crippen LogP contribution in [0.15, 0.2) is 29.6 Å². The molecule has 0 radical (unpaired) electrons. The quantitative estimate of drug-likeness (QED) is 0.906. The zero-order valence-corrected chi connectivity index (χ0v) is 12.0. The standard InChI is InChI=1S/C15H20N2S/c1-10(2)13-6-4-12(5-7-13)8-15-17-14(9-18-15)11(3)16/h4-7,9-11H,8,16H2,1-3H3. The molecule has 0 spiro atoms. The van der Waals surface area contributed by atoms with Gasteiger partial charge in [0.1, 0.15) is 0 Å². The Balaban J connectivity index is 2.08. The third-order valence-electron chi connectivity index (χ3n) is 3.04. The van der Waals surface area contributed by atoms with Gasteiger partial charge in [0.15, 0.2) is 0 Å². The maximum atomic E-state index is 5.82. The first kappa shape index (κ1) is 13.2. The minimum absolute atomic E-state index is 0.0262. The van der Waals surface area contributed by atoms with E-state index < -0.39 is 0 Å². The molecule has 1 heterocycles. The first-order valence-corrected chi connectivity index (χ1v) is 7.23. The van der Waals surface area contributed by atoms with Crippen LogP contribution in [0.5, 0.6) is 0 Å². The van der Waals surface area contributed by atoms with Gasteiger partial charge < -0.3 is 5.73 Å². The third kappa shape index (κ3) is 3.18. The highest BCUT2D eigenvalue weighted by molar-refractivity contribution is 7.09. The highest BCUT2D eigenvalue weighted by atomic mass is 32.1. The van der Waals surface area contributed by atoms with E-state index in [1.54, 1.807) is 11.3 Å². The molecule has 0 aliphatic rings. The predicted molar refractivity (Wildman–Crippen MR) is 78.1 cm³/mol. The molecule has 2 rings (SSSR count). The van der Waals surface area contributed by atoms with Crippen molar-refractivity contribution in [1.29, 1.82) is 0 Å². The van der Waals surface area contributed by atoms with Crippen LogP contribution in [0.4, 0.5) is 0 Å². The summed E-state index contributed by atoms with van der Waals surface area (Å²) < 4.78 is 0. The van der Waals surface area contributed by atoms with Crippen LogP contribution in [0.3, 0.4) is 0 Å². The normalized spacial score (nSPS) is 12.9. The molecule has 2 nitrogen and oxygen atoms in total. The molecule has 96 valence electrons. The van der Waals surface area contributed by atoms with E-state index in [1.807, 2.05) is 6.92 Å². The monoisotopic (exact) mass is 260 g/mol. The van der Waals surface area contributed by atoms with Crippen molar-refractivity contribution in [2.45, 2.75) is 39.2 Å². The SMILES string of the molecule is CC(C)c1ccc(Cc2nc(C(C)N)cs2)cc1. The van der Waals surface area contributed by atoms with Gasteiger partial charge >= 0.3 is 0 Å². The zero-order chi connectivity index (χ0) is 13.1. The minimum atomic E-state index is 0.0262. The average Bonchev–Trinajstić information content (AvgIpc) is 2.78. The van der Waals surface area contributed by atoms with E-state index in [9.17, 15) is 0 Å². The van der Waals surface area contributed by atoms with Gasteiger partial charge in [0, 0.05) is 17.8 Å². The molecular weight excluding hydrogens is 240 g/mol. The van der Waals surface area contributed by atoms with Crippen molar-refractivity contribution in [3.63, 3.8) is 0 Å². The molecule has 2 N–H and O–H groups in total. The van der Waals surface area contributed by atoms with E-state index in [-0.39, 0.29) is 6.04 Å². The van der Waals surface area contributed by atoms with Crippen LogP contribution in [-0.4, -0.2) is 4.98 Å². The highest BCUT2D eigenvalue weighted by Gasteiger charge is 2.07. The number of nitrogens with zero attached hydrogens (tertiary/aromatic N) is 1. The molecule has 0 saturated heterocycles. The molecule has 1 aromatic carbocycles. The van der Waals surface area contributed by atoms with Crippen LogP contribution in [0.2, 0.25) is 0 Å². The number of rotatable bonds is 4. The van der Waals surface area contributed by atoms with Crippen molar-refractivity contribution in [1.82, 2.24) is 4.98 Å². The number of thiazole rings is 1. The average molecular weight is 260 g/mol. The van der Waals surface area contributed by atoms with Crippen LogP contribution in [-0.2, 0) is 6.42 Å². The molecule has 1 atom stereocenters. The summed E-state index contributed by atoms with van der Waals surface area (Å²) in [6.45, 7) is 6.39. The molecular formula is C15H20N2S. The number of hydrogen-bond acceptors (Lipinski definition) is 3. The Morgan fingerprint density at radius 1 is 1.17 bits per heavy atom. The van der Waals surface area contributed by atoms with Crippen molar-refractivity contribution in [3.05, 3.63) is 51.5 Å². The van der Waals surface area contributed by atoms with Crippen molar-refractivity contribution < 1.29 is 0 Å². The maximum absolute atomic E-state index is 5.82. The van der Waals surface area contributed by atoms with Gasteiger partial charge in [-0.15, -0.1) is 11.3 Å². The lowest BCUT2D eigenvalue weighted by Crippen LogP contribution is -2.05. The van der Waals surface area contributed by atoms with E-state index in [0.29, 0.717) is 5.92 Å². The fourth-order valence-corrected chi connectivity index (χ4v) is 2.74. The second kappa shape index (κ2) is 5.63. The van der Waals surface area contributed by atoms with Crippen molar-refractivity contribution in [3.8, 4) is 0 Å². The number of benzene rings is 1. The molecule has 0 aliphatic carbocycles. The van der Waals surface area contributed by atoms with Crippen molar-refractivity contribution in [2.75, 3.05) is 0 Å². The van der Waals surface area contributed by atoms with Gasteiger partial charge in [-0.1, -0.05) is 38.1 Å². The predicted octanol–water partition coefficient (Wildman–Crippen LogP) is 3.88. The van der Waals surface area contributed by atoms with E-state index in [1.165, 1.54) is 11.1 Å². The lowest BCUT2D eigenvalue weighted by molar-refractivity contribution is 0.783. The van der Waals surface area contributed by atoms with Gasteiger partial charge in [0.2, 0.25) is 0 Å². The fraction of sp³-hybridized carbons (Fsp3) is 0.400. The van der Waals surface area contributed by atoms with Crippen LogP contribution >= 0.6 is 11.3 Å². The smallest absolute Gasteiger partial charge is 0.0972 e. The molecule has 2 aromatic rings. The fourth-order valence-electron chi connectivity index (χ4n) is 1.81. The van der Waals surface area contributed by atoms with Crippen LogP contribution in [0, 0.1) is 0 Å². The zero-order valence-electron chi connectivity index (χ0n) is 11.2. The van der Waals surface area contributed by atoms with E-state index >= 15 is 0 Å². The summed E-state index contributed by atoms with van der Waals surface area (Å²) in [6.07, 6.45) is 0.899. The number of aromatic nitrogens is 1. The molecule has 0 fully saturated rings. The van der Waals surface area contributed by atoms with Crippen molar-refractivity contribution in [2.24, 2.45) is 5.73 Å². The molecule has 0 bridgehead atoms. The minimum Gasteiger partial charge on any atom is -0.323 e. The largest absolute Gasteiger partial charge is 0.323 e. The molecule has 0 amide bonds. The molecule has 0 aliphatic heterocycles. The summed E-state index contributed by atoms with van der Waals surface area (Å²) in [5.74, 6) is 0.587. The Kier molecular flexibility index (Phi) is 4.15. The van der Waals surface area contributed by atoms with E-state index in [0.717, 1.165) is 17.1 Å². The van der Waals surface area contributed by atoms with Gasteiger partial charge in [0.25, 0.3) is 0 Å². The van der Waals surface area contributed by atoms with Crippen molar-refractivity contribution >= 4 is 11.3 Å². The Morgan fingerprint density at radius 2 is 1.83 bits per heavy atom. The van der Waals surface area contributed by atoms with Gasteiger partial charge in [-0.3, -0.25) is 0 Å². The molecule has 1 unspecified atom stereocenters.